The van der Waals surface area contributed by atoms with Gasteiger partial charge in [-0.2, -0.15) is 0 Å². The molecule has 1 aromatic rings. The molecule has 1 aromatic carbocycles. The second-order valence-corrected chi connectivity index (χ2v) is 5.60. The fraction of sp³-hybridized carbons (Fsp3) is 0.400. The van der Waals surface area contributed by atoms with Gasteiger partial charge in [0.15, 0.2) is 0 Å². The van der Waals surface area contributed by atoms with Crippen molar-refractivity contribution in [2.24, 2.45) is 0 Å². The zero-order valence-electron chi connectivity index (χ0n) is 8.05. The van der Waals surface area contributed by atoms with E-state index in [9.17, 15) is 13.5 Å². The maximum atomic E-state index is 10.9. The number of benzene rings is 1. The monoisotopic (exact) mass is 214 g/mol. The molecule has 0 saturated carbocycles. The van der Waals surface area contributed by atoms with Gasteiger partial charge in [-0.3, -0.25) is 0 Å². The highest BCUT2D eigenvalue weighted by Crippen LogP contribution is 2.16. The predicted octanol–water partition coefficient (Wildman–Crippen LogP) is 1.15. The standard InChI is InChI=1S/C10H14O3S/c1-14(12,13)8-7-10(11)9-5-3-2-4-6-9/h2-6,10-11H,7-8H2,1H3/t10-/m1/s1. The van der Waals surface area contributed by atoms with Crippen molar-refractivity contribution >= 4 is 9.84 Å². The summed E-state index contributed by atoms with van der Waals surface area (Å²) in [5.74, 6) is 0.0169. The molecule has 0 radical (unpaired) electrons. The normalized spacial score (nSPS) is 13.9. The molecule has 0 aliphatic rings. The Bertz CT molecular complexity index is 370. The molecule has 0 spiro atoms. The minimum absolute atomic E-state index is 0.0169. The van der Waals surface area contributed by atoms with E-state index in [1.54, 1.807) is 12.1 Å². The van der Waals surface area contributed by atoms with E-state index in [1.807, 2.05) is 18.2 Å². The van der Waals surface area contributed by atoms with E-state index >= 15 is 0 Å². The molecule has 1 rings (SSSR count). The summed E-state index contributed by atoms with van der Waals surface area (Å²) in [5, 5.41) is 9.62. The lowest BCUT2D eigenvalue weighted by molar-refractivity contribution is 0.174. The van der Waals surface area contributed by atoms with Crippen LogP contribution in [0, 0.1) is 0 Å². The first-order chi connectivity index (χ1) is 6.49. The minimum Gasteiger partial charge on any atom is -0.388 e. The quantitative estimate of drug-likeness (QED) is 0.818. The van der Waals surface area contributed by atoms with Gasteiger partial charge >= 0.3 is 0 Å². The summed E-state index contributed by atoms with van der Waals surface area (Å²) in [4.78, 5) is 0. The van der Waals surface area contributed by atoms with Crippen LogP contribution >= 0.6 is 0 Å². The van der Waals surface area contributed by atoms with Crippen molar-refractivity contribution in [3.63, 3.8) is 0 Å². The molecule has 0 aliphatic heterocycles. The second kappa shape index (κ2) is 4.57. The summed E-state index contributed by atoms with van der Waals surface area (Å²) < 4.78 is 21.7. The van der Waals surface area contributed by atoms with Crippen LogP contribution in [0.25, 0.3) is 0 Å². The Morgan fingerprint density at radius 1 is 1.29 bits per heavy atom. The molecule has 0 heterocycles. The van der Waals surface area contributed by atoms with E-state index in [0.717, 1.165) is 5.56 Å². The van der Waals surface area contributed by atoms with Gasteiger partial charge in [0, 0.05) is 6.26 Å². The van der Waals surface area contributed by atoms with Gasteiger partial charge in [-0.15, -0.1) is 0 Å². The van der Waals surface area contributed by atoms with E-state index in [0.29, 0.717) is 0 Å². The molecule has 0 amide bonds. The summed E-state index contributed by atoms with van der Waals surface area (Å²) in [6.07, 6.45) is 0.735. The van der Waals surface area contributed by atoms with Gasteiger partial charge in [-0.25, -0.2) is 8.42 Å². The van der Waals surface area contributed by atoms with Crippen molar-refractivity contribution in [3.8, 4) is 0 Å². The van der Waals surface area contributed by atoms with Crippen molar-refractivity contribution in [2.75, 3.05) is 12.0 Å². The zero-order valence-corrected chi connectivity index (χ0v) is 8.87. The van der Waals surface area contributed by atoms with Crippen molar-refractivity contribution in [1.29, 1.82) is 0 Å². The van der Waals surface area contributed by atoms with Crippen LogP contribution in [0.4, 0.5) is 0 Å². The smallest absolute Gasteiger partial charge is 0.147 e. The van der Waals surface area contributed by atoms with Crippen LogP contribution in [-0.2, 0) is 9.84 Å². The van der Waals surface area contributed by atoms with Crippen molar-refractivity contribution < 1.29 is 13.5 Å². The Kier molecular flexibility index (Phi) is 3.66. The number of hydrogen-bond donors (Lipinski definition) is 1. The average molecular weight is 214 g/mol. The van der Waals surface area contributed by atoms with Gasteiger partial charge in [0.05, 0.1) is 11.9 Å². The molecule has 14 heavy (non-hydrogen) atoms. The molecule has 0 unspecified atom stereocenters. The van der Waals surface area contributed by atoms with Gasteiger partial charge in [0.2, 0.25) is 0 Å². The van der Waals surface area contributed by atoms with Gasteiger partial charge in [-0.05, 0) is 12.0 Å². The number of sulfone groups is 1. The van der Waals surface area contributed by atoms with Crippen molar-refractivity contribution in [1.82, 2.24) is 0 Å². The Labute approximate surface area is 84.3 Å². The maximum Gasteiger partial charge on any atom is 0.147 e. The molecule has 78 valence electrons. The van der Waals surface area contributed by atoms with E-state index < -0.39 is 15.9 Å². The Balaban J connectivity index is 2.56. The first kappa shape index (κ1) is 11.2. The highest BCUT2D eigenvalue weighted by Gasteiger charge is 2.10. The van der Waals surface area contributed by atoms with Crippen LogP contribution < -0.4 is 0 Å². The molecule has 1 N–H and O–H groups in total. The number of rotatable bonds is 4. The lowest BCUT2D eigenvalue weighted by Crippen LogP contribution is -2.08. The number of aliphatic hydroxyl groups excluding tert-OH is 1. The summed E-state index contributed by atoms with van der Waals surface area (Å²) in [6.45, 7) is 0. The lowest BCUT2D eigenvalue weighted by Gasteiger charge is -2.09. The maximum absolute atomic E-state index is 10.9. The molecular formula is C10H14O3S. The lowest BCUT2D eigenvalue weighted by atomic mass is 10.1. The Morgan fingerprint density at radius 3 is 2.36 bits per heavy atom. The predicted molar refractivity (Wildman–Crippen MR) is 55.7 cm³/mol. The van der Waals surface area contributed by atoms with E-state index in [-0.39, 0.29) is 12.2 Å². The van der Waals surface area contributed by atoms with E-state index in [4.69, 9.17) is 0 Å². The van der Waals surface area contributed by atoms with Gasteiger partial charge in [0.1, 0.15) is 9.84 Å². The summed E-state index contributed by atoms with van der Waals surface area (Å²) in [6, 6.07) is 9.06. The average Bonchev–Trinajstić information content (AvgIpc) is 2.14. The Hall–Kier alpha value is -0.870. The van der Waals surface area contributed by atoms with Gasteiger partial charge in [0.25, 0.3) is 0 Å². The van der Waals surface area contributed by atoms with Crippen LogP contribution in [0.5, 0.6) is 0 Å². The third kappa shape index (κ3) is 3.89. The molecule has 0 bridgehead atoms. The fourth-order valence-electron chi connectivity index (χ4n) is 1.17. The molecule has 3 nitrogen and oxygen atoms in total. The second-order valence-electron chi connectivity index (χ2n) is 3.35. The highest BCUT2D eigenvalue weighted by atomic mass is 32.2. The summed E-state index contributed by atoms with van der Waals surface area (Å²) in [5.41, 5.74) is 0.760. The molecule has 1 atom stereocenters. The highest BCUT2D eigenvalue weighted by molar-refractivity contribution is 7.90. The van der Waals surface area contributed by atoms with Crippen LogP contribution in [-0.4, -0.2) is 25.5 Å². The first-order valence-electron chi connectivity index (χ1n) is 4.40. The number of hydrogen-bond acceptors (Lipinski definition) is 3. The minimum atomic E-state index is -2.99. The van der Waals surface area contributed by atoms with Gasteiger partial charge < -0.3 is 5.11 Å². The van der Waals surface area contributed by atoms with Crippen LogP contribution in [0.15, 0.2) is 30.3 Å². The third-order valence-corrected chi connectivity index (χ3v) is 2.92. The SMILES string of the molecule is CS(=O)(=O)CC[C@@H](O)c1ccccc1. The van der Waals surface area contributed by atoms with E-state index in [1.165, 1.54) is 6.26 Å². The Morgan fingerprint density at radius 2 is 1.86 bits per heavy atom. The van der Waals surface area contributed by atoms with Crippen molar-refractivity contribution in [2.45, 2.75) is 12.5 Å². The fourth-order valence-corrected chi connectivity index (χ4v) is 1.82. The number of aliphatic hydroxyl groups is 1. The molecule has 0 saturated heterocycles. The third-order valence-electron chi connectivity index (χ3n) is 1.95. The molecule has 4 heteroatoms. The zero-order chi connectivity index (χ0) is 10.6. The van der Waals surface area contributed by atoms with Crippen molar-refractivity contribution in [3.05, 3.63) is 35.9 Å². The van der Waals surface area contributed by atoms with Crippen LogP contribution in [0.3, 0.4) is 0 Å². The van der Waals surface area contributed by atoms with Crippen LogP contribution in [0.2, 0.25) is 0 Å². The molecule has 0 fully saturated rings. The molecular weight excluding hydrogens is 200 g/mol. The first-order valence-corrected chi connectivity index (χ1v) is 6.46. The molecule has 0 aliphatic carbocycles. The van der Waals surface area contributed by atoms with Gasteiger partial charge in [-0.1, -0.05) is 30.3 Å². The largest absolute Gasteiger partial charge is 0.388 e. The molecule has 0 aromatic heterocycles. The summed E-state index contributed by atoms with van der Waals surface area (Å²) >= 11 is 0. The van der Waals surface area contributed by atoms with Crippen LogP contribution in [0.1, 0.15) is 18.1 Å². The summed E-state index contributed by atoms with van der Waals surface area (Å²) in [7, 11) is -2.99. The topological polar surface area (TPSA) is 54.4 Å². The van der Waals surface area contributed by atoms with E-state index in [2.05, 4.69) is 0 Å².